The Hall–Kier alpha value is -2.12. The van der Waals surface area contributed by atoms with Crippen molar-refractivity contribution in [3.8, 4) is 0 Å². The Morgan fingerprint density at radius 3 is 1.39 bits per heavy atom. The molecule has 1 aliphatic heterocycles. The van der Waals surface area contributed by atoms with Crippen LogP contribution in [0, 0.1) is 0 Å². The lowest BCUT2D eigenvalue weighted by Crippen LogP contribution is -2.61. The fourth-order valence-electron chi connectivity index (χ4n) is 9.98. The van der Waals surface area contributed by atoms with Gasteiger partial charge in [-0.3, -0.25) is 9.59 Å². The Labute approximate surface area is 460 Å². The van der Waals surface area contributed by atoms with Crippen molar-refractivity contribution in [1.29, 1.82) is 0 Å². The van der Waals surface area contributed by atoms with Gasteiger partial charge in [0.25, 0.3) is 0 Å². The van der Waals surface area contributed by atoms with Crippen LogP contribution in [0.2, 0.25) is 0 Å². The van der Waals surface area contributed by atoms with Crippen LogP contribution in [0.1, 0.15) is 297 Å². The summed E-state index contributed by atoms with van der Waals surface area (Å²) >= 11 is 0. The second-order valence-electron chi connectivity index (χ2n) is 22.1. The van der Waals surface area contributed by atoms with Crippen molar-refractivity contribution >= 4 is 11.9 Å². The van der Waals surface area contributed by atoms with Crippen LogP contribution < -0.4 is 5.32 Å². The SMILES string of the molecule is CCCCC/C=C\C/C=C\CCCCCCCCCCCCC(O)C(=O)NC(COC1OC(CO)C(O)C(O)C1OC(=O)CCCCCCCCCCCCCCCCC)C(O)/C=C/CCCCCCCCCCC. The Morgan fingerprint density at radius 2 is 0.920 bits per heavy atom. The number of hydrogen-bond acceptors (Lipinski definition) is 10. The maximum atomic E-state index is 13.4. The van der Waals surface area contributed by atoms with Gasteiger partial charge in [0.1, 0.15) is 24.4 Å². The van der Waals surface area contributed by atoms with Crippen molar-refractivity contribution in [3.05, 3.63) is 36.5 Å². The predicted octanol–water partition coefficient (Wildman–Crippen LogP) is 15.1. The molecule has 1 aliphatic rings. The van der Waals surface area contributed by atoms with Gasteiger partial charge in [-0.1, -0.05) is 269 Å². The standard InChI is InChI=1S/C64H119NO10/c1-4-7-10-13-16-19-22-24-26-27-28-29-30-32-33-36-39-42-45-48-51-57(68)63(72)65-55(56(67)50-47-44-41-38-35-21-18-15-12-9-6-3)54-73-64-62(61(71)60(70)58(53-66)74-64)75-59(69)52-49-46-43-40-37-34-31-25-23-20-17-14-11-8-5-2/h16,19,24,26,47,50,55-58,60-62,64,66-68,70-71H,4-15,17-18,20-23,25,27-46,48-49,51-54H2,1-3H3,(H,65,72)/b19-16-,26-24-,50-47+. The maximum Gasteiger partial charge on any atom is 0.306 e. The minimum Gasteiger partial charge on any atom is -0.454 e. The molecule has 0 aromatic rings. The number of amides is 1. The number of nitrogens with one attached hydrogen (secondary N) is 1. The van der Waals surface area contributed by atoms with E-state index in [2.05, 4.69) is 50.4 Å². The van der Waals surface area contributed by atoms with E-state index in [0.29, 0.717) is 19.3 Å². The summed E-state index contributed by atoms with van der Waals surface area (Å²) in [5, 5.41) is 57.0. The highest BCUT2D eigenvalue weighted by Crippen LogP contribution is 2.26. The third kappa shape index (κ3) is 40.7. The molecule has 6 N–H and O–H groups in total. The zero-order valence-electron chi connectivity index (χ0n) is 48.7. The van der Waals surface area contributed by atoms with Gasteiger partial charge < -0.3 is 45.1 Å². The molecule has 1 amide bonds. The van der Waals surface area contributed by atoms with Crippen molar-refractivity contribution in [2.75, 3.05) is 13.2 Å². The van der Waals surface area contributed by atoms with Crippen LogP contribution >= 0.6 is 0 Å². The van der Waals surface area contributed by atoms with Crippen molar-refractivity contribution in [1.82, 2.24) is 5.32 Å². The number of allylic oxidation sites excluding steroid dienone is 5. The molecule has 11 nitrogen and oxygen atoms in total. The van der Waals surface area contributed by atoms with E-state index in [0.717, 1.165) is 70.6 Å². The molecule has 1 rings (SSSR count). The molecule has 0 saturated carbocycles. The average Bonchev–Trinajstić information content (AvgIpc) is 3.41. The Balaban J connectivity index is 2.64. The lowest BCUT2D eigenvalue weighted by atomic mass is 9.99. The second kappa shape index (κ2) is 52.6. The fraction of sp³-hybridized carbons (Fsp3) is 0.875. The summed E-state index contributed by atoms with van der Waals surface area (Å²) in [6, 6.07) is -1.02. The molecule has 1 fully saturated rings. The van der Waals surface area contributed by atoms with Crippen molar-refractivity contribution < 1.29 is 49.3 Å². The average molecular weight is 1060 g/mol. The Kier molecular flexibility index (Phi) is 49.7. The topological polar surface area (TPSA) is 175 Å². The molecule has 1 heterocycles. The molecule has 8 atom stereocenters. The minimum absolute atomic E-state index is 0.128. The third-order valence-corrected chi connectivity index (χ3v) is 15.0. The summed E-state index contributed by atoms with van der Waals surface area (Å²) in [4.78, 5) is 26.5. The van der Waals surface area contributed by atoms with E-state index in [1.807, 2.05) is 6.08 Å². The molecule has 11 heteroatoms. The molecule has 440 valence electrons. The van der Waals surface area contributed by atoms with E-state index in [9.17, 15) is 35.1 Å². The highest BCUT2D eigenvalue weighted by atomic mass is 16.7. The van der Waals surface area contributed by atoms with E-state index in [4.69, 9.17) is 14.2 Å². The molecule has 0 aromatic heterocycles. The van der Waals surface area contributed by atoms with E-state index >= 15 is 0 Å². The molecule has 0 bridgehead atoms. The van der Waals surface area contributed by atoms with Crippen LogP contribution in [0.4, 0.5) is 0 Å². The molecule has 0 aliphatic carbocycles. The summed E-state index contributed by atoms with van der Waals surface area (Å²) in [6.45, 7) is 5.78. The van der Waals surface area contributed by atoms with Crippen LogP contribution in [0.5, 0.6) is 0 Å². The molecule has 0 radical (unpaired) electrons. The first-order chi connectivity index (χ1) is 36.7. The van der Waals surface area contributed by atoms with Crippen LogP contribution in [0.15, 0.2) is 36.5 Å². The van der Waals surface area contributed by atoms with E-state index < -0.39 is 67.4 Å². The van der Waals surface area contributed by atoms with E-state index in [1.54, 1.807) is 6.08 Å². The first-order valence-corrected chi connectivity index (χ1v) is 31.8. The van der Waals surface area contributed by atoms with Gasteiger partial charge in [-0.2, -0.15) is 0 Å². The zero-order chi connectivity index (χ0) is 54.7. The number of ether oxygens (including phenoxy) is 3. The smallest absolute Gasteiger partial charge is 0.306 e. The van der Waals surface area contributed by atoms with Gasteiger partial charge in [0, 0.05) is 6.42 Å². The third-order valence-electron chi connectivity index (χ3n) is 15.0. The van der Waals surface area contributed by atoms with Crippen molar-refractivity contribution in [2.45, 2.75) is 346 Å². The maximum absolute atomic E-state index is 13.4. The highest BCUT2D eigenvalue weighted by Gasteiger charge is 2.47. The summed E-state index contributed by atoms with van der Waals surface area (Å²) < 4.78 is 17.6. The van der Waals surface area contributed by atoms with Crippen LogP contribution in [-0.2, 0) is 23.8 Å². The normalized spacial score (nSPS) is 19.4. The lowest BCUT2D eigenvalue weighted by Gasteiger charge is -2.41. The highest BCUT2D eigenvalue weighted by molar-refractivity contribution is 5.80. The largest absolute Gasteiger partial charge is 0.454 e. The number of aliphatic hydroxyl groups excluding tert-OH is 5. The minimum atomic E-state index is -1.61. The zero-order valence-corrected chi connectivity index (χ0v) is 48.7. The number of carbonyl (C=O) groups excluding carboxylic acids is 2. The molecule has 1 saturated heterocycles. The van der Waals surface area contributed by atoms with Gasteiger partial charge in [-0.25, -0.2) is 0 Å². The molecule has 75 heavy (non-hydrogen) atoms. The quantitative estimate of drug-likeness (QED) is 0.0195. The molecule has 8 unspecified atom stereocenters. The summed E-state index contributed by atoms with van der Waals surface area (Å²) in [5.74, 6) is -1.19. The van der Waals surface area contributed by atoms with Crippen molar-refractivity contribution in [3.63, 3.8) is 0 Å². The monoisotopic (exact) mass is 1060 g/mol. The number of hydrogen-bond donors (Lipinski definition) is 6. The number of esters is 1. The van der Waals surface area contributed by atoms with E-state index in [1.165, 1.54) is 180 Å². The Morgan fingerprint density at radius 1 is 0.520 bits per heavy atom. The summed E-state index contributed by atoms with van der Waals surface area (Å²) in [6.07, 6.45) is 51.8. The van der Waals surface area contributed by atoms with Gasteiger partial charge in [0.15, 0.2) is 12.4 Å². The first kappa shape index (κ1) is 70.9. The van der Waals surface area contributed by atoms with Crippen LogP contribution in [0.3, 0.4) is 0 Å². The number of carbonyl (C=O) groups is 2. The number of rotatable bonds is 54. The fourth-order valence-corrected chi connectivity index (χ4v) is 9.98. The van der Waals surface area contributed by atoms with Gasteiger partial charge in [0.2, 0.25) is 5.91 Å². The second-order valence-corrected chi connectivity index (χ2v) is 22.1. The molecular formula is C64H119NO10. The van der Waals surface area contributed by atoms with Gasteiger partial charge in [0.05, 0.1) is 25.4 Å². The summed E-state index contributed by atoms with van der Waals surface area (Å²) in [5.41, 5.74) is 0. The van der Waals surface area contributed by atoms with Crippen LogP contribution in [-0.4, -0.2) is 99.6 Å². The van der Waals surface area contributed by atoms with Crippen molar-refractivity contribution in [2.24, 2.45) is 0 Å². The predicted molar refractivity (Wildman–Crippen MR) is 311 cm³/mol. The van der Waals surface area contributed by atoms with Gasteiger partial charge in [-0.05, 0) is 57.8 Å². The van der Waals surface area contributed by atoms with Crippen LogP contribution in [0.25, 0.3) is 0 Å². The molecule has 0 spiro atoms. The van der Waals surface area contributed by atoms with Gasteiger partial charge in [-0.15, -0.1) is 0 Å². The molecule has 0 aromatic carbocycles. The number of unbranched alkanes of at least 4 members (excludes halogenated alkanes) is 36. The van der Waals surface area contributed by atoms with Gasteiger partial charge >= 0.3 is 5.97 Å². The number of aliphatic hydroxyl groups is 5. The first-order valence-electron chi connectivity index (χ1n) is 31.8. The lowest BCUT2D eigenvalue weighted by molar-refractivity contribution is -0.305. The van der Waals surface area contributed by atoms with E-state index in [-0.39, 0.29) is 13.0 Å². The summed E-state index contributed by atoms with van der Waals surface area (Å²) in [7, 11) is 0. The molecular weight excluding hydrogens is 943 g/mol. The Bertz CT molecular complexity index is 1360.